The summed E-state index contributed by atoms with van der Waals surface area (Å²) in [5, 5.41) is 29.7. The van der Waals surface area contributed by atoms with Gasteiger partial charge < -0.3 is 31.5 Å². The fourth-order valence-corrected chi connectivity index (χ4v) is 2.51. The van der Waals surface area contributed by atoms with E-state index in [9.17, 15) is 24.9 Å². The molecule has 22 heavy (non-hydrogen) atoms. The topological polar surface area (TPSA) is 156 Å². The molecular formula is C14H18N2O6. The van der Waals surface area contributed by atoms with E-state index in [0.717, 1.165) is 5.56 Å². The summed E-state index contributed by atoms with van der Waals surface area (Å²) < 4.78 is 5.47. The van der Waals surface area contributed by atoms with Crippen molar-refractivity contribution < 1.29 is 29.6 Å². The minimum absolute atomic E-state index is 0.0206. The summed E-state index contributed by atoms with van der Waals surface area (Å²) >= 11 is 0. The zero-order chi connectivity index (χ0) is 16.5. The average molecular weight is 310 g/mol. The van der Waals surface area contributed by atoms with Gasteiger partial charge in [-0.05, 0) is 11.1 Å². The molecule has 0 aromatic heterocycles. The predicted octanol–water partition coefficient (Wildman–Crippen LogP) is -2.45. The number of primary amides is 2. The normalized spacial score (nSPS) is 24.9. The fraction of sp³-hybridized carbons (Fsp3) is 0.429. The second kappa shape index (κ2) is 6.01. The summed E-state index contributed by atoms with van der Waals surface area (Å²) in [6.07, 6.45) is -6.11. The molecule has 0 saturated heterocycles. The van der Waals surface area contributed by atoms with Crippen molar-refractivity contribution in [2.45, 2.75) is 36.9 Å². The van der Waals surface area contributed by atoms with Gasteiger partial charge in [-0.15, -0.1) is 0 Å². The Kier molecular flexibility index (Phi) is 4.47. The van der Waals surface area contributed by atoms with Crippen LogP contribution in [0.2, 0.25) is 0 Å². The van der Waals surface area contributed by atoms with Gasteiger partial charge in [0.2, 0.25) is 5.91 Å². The second-order valence-electron chi connectivity index (χ2n) is 5.32. The van der Waals surface area contributed by atoms with Crippen LogP contribution in [-0.2, 0) is 27.4 Å². The number of aliphatic hydroxyl groups is 3. The summed E-state index contributed by atoms with van der Waals surface area (Å²) in [5.74, 6) is -2.25. The smallest absolute Gasteiger partial charge is 0.252 e. The third-order valence-corrected chi connectivity index (χ3v) is 3.79. The van der Waals surface area contributed by atoms with E-state index in [1.807, 2.05) is 0 Å². The molecule has 0 fully saturated rings. The van der Waals surface area contributed by atoms with Gasteiger partial charge in [-0.2, -0.15) is 0 Å². The first-order chi connectivity index (χ1) is 10.3. The van der Waals surface area contributed by atoms with Crippen molar-refractivity contribution in [3.63, 3.8) is 0 Å². The van der Waals surface area contributed by atoms with Gasteiger partial charge in [0.1, 0.15) is 12.2 Å². The van der Waals surface area contributed by atoms with Crippen molar-refractivity contribution in [2.24, 2.45) is 11.5 Å². The highest BCUT2D eigenvalue weighted by atomic mass is 16.5. The number of fused-ring (bicyclic) bond motifs is 2. The molecule has 0 spiro atoms. The van der Waals surface area contributed by atoms with Gasteiger partial charge in [0.05, 0.1) is 6.61 Å². The highest BCUT2D eigenvalue weighted by molar-refractivity contribution is 5.85. The number of rotatable bonds is 5. The molecule has 1 aliphatic heterocycles. The molecule has 4 atom stereocenters. The number of aliphatic hydroxyl groups excluding tert-OH is 3. The van der Waals surface area contributed by atoms with Crippen LogP contribution >= 0.6 is 0 Å². The van der Waals surface area contributed by atoms with Crippen LogP contribution in [0.25, 0.3) is 0 Å². The Bertz CT molecular complexity index is 592. The molecule has 1 aliphatic rings. The molecule has 8 heteroatoms. The van der Waals surface area contributed by atoms with Gasteiger partial charge >= 0.3 is 0 Å². The lowest BCUT2D eigenvalue weighted by molar-refractivity contribution is -0.190. The summed E-state index contributed by atoms with van der Waals surface area (Å²) in [6, 6.07) is 7.00. The summed E-state index contributed by atoms with van der Waals surface area (Å²) in [6.45, 7) is -0.0206. The summed E-state index contributed by atoms with van der Waals surface area (Å²) in [7, 11) is 0. The number of ether oxygens (including phenoxy) is 1. The highest BCUT2D eigenvalue weighted by Gasteiger charge is 2.51. The number of hydrogen-bond acceptors (Lipinski definition) is 6. The Morgan fingerprint density at radius 2 is 1.82 bits per heavy atom. The maximum absolute atomic E-state index is 11.9. The van der Waals surface area contributed by atoms with E-state index in [0.29, 0.717) is 5.56 Å². The minimum Gasteiger partial charge on any atom is -0.387 e. The number of benzene rings is 1. The minimum atomic E-state index is -2.05. The standard InChI is InChI=1S/C14H18N2O6/c15-12(20)10(18)9(17)11(19)14(13(16)21)5-7-2-1-3-8(4-7)6-22-14/h1-4,9-11,17-19H,5-6H2,(H2,15,20)(H2,16,21)/t9-,10+,11+,14-/m1/s1. The number of carbonyl (C=O) groups excluding carboxylic acids is 2. The predicted molar refractivity (Wildman–Crippen MR) is 74.1 cm³/mol. The molecule has 2 amide bonds. The van der Waals surface area contributed by atoms with Crippen LogP contribution in [0.3, 0.4) is 0 Å². The molecule has 1 aromatic carbocycles. The Balaban J connectivity index is 2.36. The van der Waals surface area contributed by atoms with Crippen LogP contribution in [0.4, 0.5) is 0 Å². The van der Waals surface area contributed by atoms with Gasteiger partial charge in [0.25, 0.3) is 5.91 Å². The fourth-order valence-electron chi connectivity index (χ4n) is 2.51. The monoisotopic (exact) mass is 310 g/mol. The quantitative estimate of drug-likeness (QED) is 0.406. The van der Waals surface area contributed by atoms with Crippen LogP contribution in [0.15, 0.2) is 24.3 Å². The maximum Gasteiger partial charge on any atom is 0.252 e. The zero-order valence-corrected chi connectivity index (χ0v) is 11.7. The lowest BCUT2D eigenvalue weighted by Crippen LogP contribution is -2.63. The number of carbonyl (C=O) groups is 2. The lowest BCUT2D eigenvalue weighted by Gasteiger charge is -2.37. The van der Waals surface area contributed by atoms with Gasteiger partial charge in [-0.3, -0.25) is 9.59 Å². The third kappa shape index (κ3) is 2.81. The van der Waals surface area contributed by atoms with Gasteiger partial charge in [0.15, 0.2) is 11.7 Å². The molecule has 1 heterocycles. The van der Waals surface area contributed by atoms with Crippen molar-refractivity contribution in [3.05, 3.63) is 35.4 Å². The molecule has 8 nitrogen and oxygen atoms in total. The first kappa shape index (κ1) is 16.4. The number of amides is 2. The van der Waals surface area contributed by atoms with E-state index in [1.165, 1.54) is 0 Å². The van der Waals surface area contributed by atoms with E-state index in [2.05, 4.69) is 0 Å². The average Bonchev–Trinajstić information content (AvgIpc) is 2.61. The second-order valence-corrected chi connectivity index (χ2v) is 5.32. The highest BCUT2D eigenvalue weighted by Crippen LogP contribution is 2.30. The summed E-state index contributed by atoms with van der Waals surface area (Å²) in [4.78, 5) is 22.9. The Hall–Kier alpha value is -2.00. The maximum atomic E-state index is 11.9. The first-order valence-electron chi connectivity index (χ1n) is 6.63. The Labute approximate surface area is 126 Å². The Morgan fingerprint density at radius 1 is 1.18 bits per heavy atom. The van der Waals surface area contributed by atoms with E-state index >= 15 is 0 Å². The van der Waals surface area contributed by atoms with Gasteiger partial charge in [-0.1, -0.05) is 24.3 Å². The number of hydrogen-bond donors (Lipinski definition) is 5. The van der Waals surface area contributed by atoms with Crippen LogP contribution in [0.5, 0.6) is 0 Å². The molecule has 2 rings (SSSR count). The van der Waals surface area contributed by atoms with Crippen molar-refractivity contribution in [1.29, 1.82) is 0 Å². The van der Waals surface area contributed by atoms with E-state index < -0.39 is 35.7 Å². The van der Waals surface area contributed by atoms with Crippen LogP contribution in [-0.4, -0.2) is 51.0 Å². The van der Waals surface area contributed by atoms with Crippen LogP contribution in [0, 0.1) is 0 Å². The summed E-state index contributed by atoms with van der Waals surface area (Å²) in [5.41, 5.74) is 9.70. The first-order valence-corrected chi connectivity index (χ1v) is 6.63. The van der Waals surface area contributed by atoms with E-state index in [-0.39, 0.29) is 13.0 Å². The van der Waals surface area contributed by atoms with Crippen LogP contribution < -0.4 is 11.5 Å². The van der Waals surface area contributed by atoms with Gasteiger partial charge in [0, 0.05) is 6.42 Å². The lowest BCUT2D eigenvalue weighted by atomic mass is 9.84. The molecule has 1 aromatic rings. The van der Waals surface area contributed by atoms with E-state index in [1.54, 1.807) is 24.3 Å². The van der Waals surface area contributed by atoms with Crippen molar-refractivity contribution in [3.8, 4) is 0 Å². The Morgan fingerprint density at radius 3 is 2.41 bits per heavy atom. The zero-order valence-electron chi connectivity index (χ0n) is 11.7. The van der Waals surface area contributed by atoms with Crippen LogP contribution in [0.1, 0.15) is 11.1 Å². The molecule has 0 saturated carbocycles. The number of nitrogens with two attached hydrogens (primary N) is 2. The molecule has 0 radical (unpaired) electrons. The molecule has 120 valence electrons. The third-order valence-electron chi connectivity index (χ3n) is 3.79. The van der Waals surface area contributed by atoms with Gasteiger partial charge in [-0.25, -0.2) is 0 Å². The SMILES string of the molecule is NC(=O)[C@@H](O)[C@@H](O)[C@H](O)[C@@]1(C(N)=O)Cc2cccc(c2)CO1. The molecule has 7 N–H and O–H groups in total. The molecular weight excluding hydrogens is 292 g/mol. The molecule has 0 aliphatic carbocycles. The molecule has 2 bridgehead atoms. The largest absolute Gasteiger partial charge is 0.387 e. The van der Waals surface area contributed by atoms with Crippen molar-refractivity contribution >= 4 is 11.8 Å². The molecule has 0 unspecified atom stereocenters. The van der Waals surface area contributed by atoms with Crippen molar-refractivity contribution in [2.75, 3.05) is 0 Å². The van der Waals surface area contributed by atoms with E-state index in [4.69, 9.17) is 16.2 Å². The van der Waals surface area contributed by atoms with Crippen molar-refractivity contribution in [1.82, 2.24) is 0 Å².